The molecule has 2 heterocycles. The summed E-state index contributed by atoms with van der Waals surface area (Å²) >= 11 is 0. The van der Waals surface area contributed by atoms with Gasteiger partial charge < -0.3 is 23.2 Å². The van der Waals surface area contributed by atoms with E-state index in [1.807, 2.05) is 0 Å². The number of hydrogen-bond acceptors (Lipinski definition) is 9. The molecule has 0 radical (unpaired) electrons. The van der Waals surface area contributed by atoms with Crippen molar-refractivity contribution in [2.45, 2.75) is 32.8 Å². The molecule has 0 unspecified atom stereocenters. The van der Waals surface area contributed by atoms with Gasteiger partial charge in [0, 0.05) is 25.2 Å². The number of rotatable bonds is 7. The second-order valence-electron chi connectivity index (χ2n) is 5.76. The molecule has 1 aliphatic rings. The standard InChI is InChI=1S/C17H19NO9/c1-11-13(27-17(23)26-11)10-25-15(21)6-5-14(20)24-9-12(19)16(22)18-7-3-2-4-8-18/h5-6H,2-4,7-10H2,1H3/b6-5+. The zero-order valence-corrected chi connectivity index (χ0v) is 14.7. The Hall–Kier alpha value is -3.17. The zero-order valence-electron chi connectivity index (χ0n) is 14.7. The van der Waals surface area contributed by atoms with Gasteiger partial charge in [0.1, 0.15) is 0 Å². The molecular formula is C17H19NO9. The van der Waals surface area contributed by atoms with Crippen LogP contribution in [-0.2, 0) is 35.3 Å². The number of hydrogen-bond donors (Lipinski definition) is 0. The summed E-state index contributed by atoms with van der Waals surface area (Å²) in [5, 5.41) is 0. The van der Waals surface area contributed by atoms with Crippen LogP contribution in [0, 0.1) is 6.92 Å². The van der Waals surface area contributed by atoms with Crippen LogP contribution in [0.4, 0.5) is 0 Å². The molecule has 1 aliphatic heterocycles. The van der Waals surface area contributed by atoms with E-state index in [-0.39, 0.29) is 18.1 Å². The first kappa shape index (κ1) is 20.1. The molecule has 0 N–H and O–H groups in total. The molecule has 1 amide bonds. The number of carbonyl (C=O) groups is 4. The molecule has 0 aliphatic carbocycles. The van der Waals surface area contributed by atoms with Gasteiger partial charge in [0.2, 0.25) is 0 Å². The van der Waals surface area contributed by atoms with Gasteiger partial charge in [-0.25, -0.2) is 14.4 Å². The lowest BCUT2D eigenvalue weighted by Crippen LogP contribution is -2.41. The molecule has 1 saturated heterocycles. The normalized spacial score (nSPS) is 14.2. The first-order valence-electron chi connectivity index (χ1n) is 8.30. The van der Waals surface area contributed by atoms with E-state index in [1.54, 1.807) is 0 Å². The summed E-state index contributed by atoms with van der Waals surface area (Å²) in [5.41, 5.74) is 0. The summed E-state index contributed by atoms with van der Waals surface area (Å²) in [5.74, 6) is -4.07. The van der Waals surface area contributed by atoms with E-state index in [4.69, 9.17) is 4.74 Å². The van der Waals surface area contributed by atoms with Gasteiger partial charge in [-0.1, -0.05) is 0 Å². The van der Waals surface area contributed by atoms with Gasteiger partial charge in [0.05, 0.1) is 0 Å². The number of amides is 1. The minimum Gasteiger partial charge on any atom is -0.454 e. The number of piperidine rings is 1. The minimum atomic E-state index is -0.974. The summed E-state index contributed by atoms with van der Waals surface area (Å²) in [7, 11) is 0. The number of nitrogens with zero attached hydrogens (tertiary/aromatic N) is 1. The Balaban J connectivity index is 1.71. The van der Waals surface area contributed by atoms with E-state index in [0.29, 0.717) is 13.1 Å². The van der Waals surface area contributed by atoms with Crippen molar-refractivity contribution >= 4 is 23.6 Å². The van der Waals surface area contributed by atoms with Gasteiger partial charge in [0.25, 0.3) is 11.7 Å². The lowest BCUT2D eigenvalue weighted by atomic mass is 10.1. The highest BCUT2D eigenvalue weighted by molar-refractivity contribution is 6.36. The van der Waals surface area contributed by atoms with Crippen LogP contribution in [0.15, 0.2) is 25.8 Å². The van der Waals surface area contributed by atoms with Crippen LogP contribution in [0.25, 0.3) is 0 Å². The molecule has 27 heavy (non-hydrogen) atoms. The summed E-state index contributed by atoms with van der Waals surface area (Å²) in [6, 6.07) is 0. The number of aryl methyl sites for hydroxylation is 1. The monoisotopic (exact) mass is 381 g/mol. The van der Waals surface area contributed by atoms with Crippen molar-refractivity contribution in [3.05, 3.63) is 34.3 Å². The fourth-order valence-corrected chi connectivity index (χ4v) is 2.35. The summed E-state index contributed by atoms with van der Waals surface area (Å²) in [6.07, 6.45) is 4.24. The minimum absolute atomic E-state index is 0.0474. The average molecular weight is 381 g/mol. The molecule has 0 saturated carbocycles. The van der Waals surface area contributed by atoms with Crippen LogP contribution >= 0.6 is 0 Å². The predicted octanol–water partition coefficient (Wildman–Crippen LogP) is 0.265. The first-order chi connectivity index (χ1) is 12.9. The highest BCUT2D eigenvalue weighted by Gasteiger charge is 2.24. The highest BCUT2D eigenvalue weighted by Crippen LogP contribution is 2.09. The lowest BCUT2D eigenvalue weighted by molar-refractivity contribution is -0.151. The largest absolute Gasteiger partial charge is 0.519 e. The number of ether oxygens (including phenoxy) is 2. The maximum absolute atomic E-state index is 11.9. The van der Waals surface area contributed by atoms with Crippen LogP contribution in [0.1, 0.15) is 30.8 Å². The third-order valence-electron chi connectivity index (χ3n) is 3.76. The van der Waals surface area contributed by atoms with Crippen LogP contribution < -0.4 is 5.82 Å². The van der Waals surface area contributed by atoms with Crippen LogP contribution in [0.3, 0.4) is 0 Å². The molecule has 0 bridgehead atoms. The van der Waals surface area contributed by atoms with E-state index in [9.17, 15) is 24.0 Å². The van der Waals surface area contributed by atoms with Crippen molar-refractivity contribution < 1.29 is 37.5 Å². The molecule has 10 nitrogen and oxygen atoms in total. The third-order valence-corrected chi connectivity index (χ3v) is 3.76. The number of ketones is 1. The molecule has 0 aromatic carbocycles. The fourth-order valence-electron chi connectivity index (χ4n) is 2.35. The van der Waals surface area contributed by atoms with Gasteiger partial charge in [-0.05, 0) is 26.2 Å². The van der Waals surface area contributed by atoms with Gasteiger partial charge in [0.15, 0.2) is 24.7 Å². The van der Waals surface area contributed by atoms with E-state index < -0.39 is 36.1 Å². The Morgan fingerprint density at radius 3 is 2.22 bits per heavy atom. The number of likely N-dealkylation sites (tertiary alicyclic amines) is 1. The predicted molar refractivity (Wildman–Crippen MR) is 87.3 cm³/mol. The van der Waals surface area contributed by atoms with Crippen molar-refractivity contribution in [1.82, 2.24) is 4.90 Å². The average Bonchev–Trinajstić information content (AvgIpc) is 2.99. The van der Waals surface area contributed by atoms with E-state index in [0.717, 1.165) is 31.4 Å². The SMILES string of the molecule is Cc1oc(=O)oc1COC(=O)/C=C/C(=O)OCC(=O)C(=O)N1CCCCC1. The fraction of sp³-hybridized carbons (Fsp3) is 0.471. The second kappa shape index (κ2) is 9.51. The maximum atomic E-state index is 11.9. The van der Waals surface area contributed by atoms with Crippen molar-refractivity contribution in [2.75, 3.05) is 19.7 Å². The van der Waals surface area contributed by atoms with Gasteiger partial charge in [-0.15, -0.1) is 0 Å². The van der Waals surface area contributed by atoms with E-state index in [2.05, 4.69) is 13.6 Å². The Kier molecular flexibility index (Phi) is 7.09. The molecular weight excluding hydrogens is 362 g/mol. The van der Waals surface area contributed by atoms with Crippen molar-refractivity contribution in [1.29, 1.82) is 0 Å². The van der Waals surface area contributed by atoms with E-state index >= 15 is 0 Å². The summed E-state index contributed by atoms with van der Waals surface area (Å²) in [4.78, 5) is 58.9. The van der Waals surface area contributed by atoms with Gasteiger partial charge in [-0.2, -0.15) is 0 Å². The molecule has 10 heteroatoms. The van der Waals surface area contributed by atoms with Crippen LogP contribution in [0.2, 0.25) is 0 Å². The molecule has 1 aromatic heterocycles. The smallest absolute Gasteiger partial charge is 0.454 e. The Morgan fingerprint density at radius 1 is 1.00 bits per heavy atom. The number of esters is 2. The van der Waals surface area contributed by atoms with Crippen molar-refractivity contribution in [3.63, 3.8) is 0 Å². The number of carbonyl (C=O) groups excluding carboxylic acids is 4. The molecule has 0 spiro atoms. The maximum Gasteiger partial charge on any atom is 0.519 e. The van der Waals surface area contributed by atoms with E-state index in [1.165, 1.54) is 11.8 Å². The second-order valence-corrected chi connectivity index (χ2v) is 5.76. The van der Waals surface area contributed by atoms with Gasteiger partial charge in [-0.3, -0.25) is 9.59 Å². The molecule has 2 rings (SSSR count). The summed E-state index contributed by atoms with van der Waals surface area (Å²) < 4.78 is 18.6. The van der Waals surface area contributed by atoms with Crippen molar-refractivity contribution in [2.24, 2.45) is 0 Å². The molecule has 1 aromatic rings. The third kappa shape index (κ3) is 6.24. The molecule has 0 atom stereocenters. The summed E-state index contributed by atoms with van der Waals surface area (Å²) in [6.45, 7) is 1.44. The molecule has 1 fully saturated rings. The highest BCUT2D eigenvalue weighted by atomic mass is 16.6. The Labute approximate surface area is 153 Å². The number of Topliss-reactive ketones (excluding diaryl/α,β-unsaturated/α-hetero) is 1. The van der Waals surface area contributed by atoms with Crippen LogP contribution in [0.5, 0.6) is 0 Å². The van der Waals surface area contributed by atoms with Crippen LogP contribution in [-0.4, -0.2) is 48.2 Å². The zero-order chi connectivity index (χ0) is 19.8. The first-order valence-corrected chi connectivity index (χ1v) is 8.30. The topological polar surface area (TPSA) is 133 Å². The lowest BCUT2D eigenvalue weighted by Gasteiger charge is -2.25. The van der Waals surface area contributed by atoms with Gasteiger partial charge >= 0.3 is 17.8 Å². The Bertz CT molecular complexity index is 796. The van der Waals surface area contributed by atoms with Crippen molar-refractivity contribution in [3.8, 4) is 0 Å². The quantitative estimate of drug-likeness (QED) is 0.370. The molecule has 146 valence electrons. The Morgan fingerprint density at radius 2 is 1.63 bits per heavy atom.